The second kappa shape index (κ2) is 6.68. The van der Waals surface area contributed by atoms with E-state index in [0.717, 1.165) is 23.6 Å². The number of rotatable bonds is 6. The number of azo groups is 1. The molecule has 1 aliphatic heterocycles. The topological polar surface area (TPSA) is 37.2 Å². The van der Waals surface area contributed by atoms with E-state index in [1.165, 1.54) is 0 Å². The molecule has 0 aliphatic carbocycles. The Kier molecular flexibility index (Phi) is 4.93. The first-order valence-corrected chi connectivity index (χ1v) is 6.67. The first kappa shape index (κ1) is 14.0. The normalized spacial score (nSPS) is 15.7. The molecule has 102 valence electrons. The molecule has 0 N–H and O–H groups in total. The number of ether oxygens (including phenoxy) is 1. The average molecular weight is 280 g/mol. The molecule has 5 heteroatoms. The predicted octanol–water partition coefficient (Wildman–Crippen LogP) is 3.66. The van der Waals surface area contributed by atoms with E-state index in [9.17, 15) is 0 Å². The molecule has 1 aromatic carbocycles. The van der Waals surface area contributed by atoms with E-state index in [2.05, 4.69) is 15.1 Å². The highest BCUT2D eigenvalue weighted by Gasteiger charge is 2.16. The van der Waals surface area contributed by atoms with Crippen LogP contribution in [0.2, 0.25) is 5.02 Å². The highest BCUT2D eigenvalue weighted by molar-refractivity contribution is 6.30. The van der Waals surface area contributed by atoms with Crippen LogP contribution in [-0.2, 0) is 4.74 Å². The number of halogens is 1. The minimum Gasteiger partial charge on any atom is -0.469 e. The van der Waals surface area contributed by atoms with Crippen molar-refractivity contribution in [2.75, 3.05) is 27.2 Å². The van der Waals surface area contributed by atoms with Gasteiger partial charge in [0.15, 0.2) is 0 Å². The molecule has 0 saturated carbocycles. The van der Waals surface area contributed by atoms with Crippen molar-refractivity contribution < 1.29 is 4.74 Å². The zero-order valence-corrected chi connectivity index (χ0v) is 12.0. The lowest BCUT2D eigenvalue weighted by Gasteiger charge is -2.20. The van der Waals surface area contributed by atoms with Crippen molar-refractivity contribution in [3.05, 3.63) is 46.8 Å². The number of nitrogens with zero attached hydrogens (tertiary/aromatic N) is 3. The van der Waals surface area contributed by atoms with Gasteiger partial charge in [0.05, 0.1) is 6.54 Å². The van der Waals surface area contributed by atoms with Crippen molar-refractivity contribution in [3.8, 4) is 0 Å². The fraction of sp³-hybridized carbons (Fsp3) is 0.429. The third-order valence-electron chi connectivity index (χ3n) is 2.86. The Labute approximate surface area is 118 Å². The Hall–Kier alpha value is -1.39. The van der Waals surface area contributed by atoms with Gasteiger partial charge in [-0.2, -0.15) is 5.11 Å². The van der Waals surface area contributed by atoms with Crippen LogP contribution >= 0.6 is 11.6 Å². The summed E-state index contributed by atoms with van der Waals surface area (Å²) in [6.07, 6.45) is 2.75. The minimum atomic E-state index is -0.0250. The van der Waals surface area contributed by atoms with Crippen molar-refractivity contribution in [2.24, 2.45) is 10.2 Å². The lowest BCUT2D eigenvalue weighted by atomic mass is 10.1. The van der Waals surface area contributed by atoms with Gasteiger partial charge in [0.2, 0.25) is 5.88 Å². The van der Waals surface area contributed by atoms with E-state index in [1.807, 2.05) is 44.4 Å². The van der Waals surface area contributed by atoms with Crippen LogP contribution in [0.4, 0.5) is 0 Å². The molecule has 1 unspecified atom stereocenters. The van der Waals surface area contributed by atoms with Gasteiger partial charge >= 0.3 is 0 Å². The van der Waals surface area contributed by atoms with Crippen LogP contribution in [0.25, 0.3) is 0 Å². The van der Waals surface area contributed by atoms with Gasteiger partial charge in [0.1, 0.15) is 6.10 Å². The van der Waals surface area contributed by atoms with Gasteiger partial charge < -0.3 is 9.64 Å². The highest BCUT2D eigenvalue weighted by Crippen LogP contribution is 2.27. The van der Waals surface area contributed by atoms with E-state index in [-0.39, 0.29) is 6.10 Å². The summed E-state index contributed by atoms with van der Waals surface area (Å²) in [5.74, 6) is 0.610. The van der Waals surface area contributed by atoms with Gasteiger partial charge in [-0.3, -0.25) is 0 Å². The van der Waals surface area contributed by atoms with Gasteiger partial charge in [-0.25, -0.2) is 0 Å². The smallest absolute Gasteiger partial charge is 0.231 e. The quantitative estimate of drug-likeness (QED) is 0.797. The largest absolute Gasteiger partial charge is 0.469 e. The van der Waals surface area contributed by atoms with Crippen LogP contribution < -0.4 is 0 Å². The second-order valence-corrected chi connectivity index (χ2v) is 5.15. The third-order valence-corrected chi connectivity index (χ3v) is 3.11. The monoisotopic (exact) mass is 279 g/mol. The van der Waals surface area contributed by atoms with Crippen LogP contribution in [0.5, 0.6) is 0 Å². The Morgan fingerprint density at radius 2 is 2.05 bits per heavy atom. The summed E-state index contributed by atoms with van der Waals surface area (Å²) >= 11 is 5.92. The summed E-state index contributed by atoms with van der Waals surface area (Å²) < 4.78 is 5.92. The molecular formula is C14H18ClN3O. The SMILES string of the molecule is CN(C)CCC(OC1=CCN=N1)c1ccc(Cl)cc1. The zero-order valence-electron chi connectivity index (χ0n) is 11.2. The maximum Gasteiger partial charge on any atom is 0.231 e. The third kappa shape index (κ3) is 4.33. The summed E-state index contributed by atoms with van der Waals surface area (Å²) in [6, 6.07) is 7.76. The summed E-state index contributed by atoms with van der Waals surface area (Å²) in [7, 11) is 4.10. The fourth-order valence-corrected chi connectivity index (χ4v) is 1.96. The standard InChI is InChI=1S/C14H18ClN3O/c1-18(2)10-8-13(19-14-7-9-16-17-14)11-3-5-12(15)6-4-11/h3-7,13H,8-10H2,1-2H3. The molecule has 0 spiro atoms. The first-order valence-electron chi connectivity index (χ1n) is 6.29. The van der Waals surface area contributed by atoms with E-state index in [1.54, 1.807) is 0 Å². The van der Waals surface area contributed by atoms with Crippen molar-refractivity contribution in [1.82, 2.24) is 4.90 Å². The Balaban J connectivity index is 2.08. The Morgan fingerprint density at radius 3 is 2.63 bits per heavy atom. The van der Waals surface area contributed by atoms with E-state index >= 15 is 0 Å². The molecule has 0 amide bonds. The van der Waals surface area contributed by atoms with Crippen molar-refractivity contribution in [3.63, 3.8) is 0 Å². The van der Waals surface area contributed by atoms with Crippen molar-refractivity contribution in [1.29, 1.82) is 0 Å². The van der Waals surface area contributed by atoms with E-state index < -0.39 is 0 Å². The lowest BCUT2D eigenvalue weighted by Crippen LogP contribution is -2.17. The molecule has 1 atom stereocenters. The molecule has 0 bridgehead atoms. The van der Waals surface area contributed by atoms with Crippen LogP contribution in [0.15, 0.2) is 46.5 Å². The Morgan fingerprint density at radius 1 is 1.32 bits per heavy atom. The van der Waals surface area contributed by atoms with Crippen LogP contribution in [0.1, 0.15) is 18.1 Å². The van der Waals surface area contributed by atoms with Gasteiger partial charge in [0, 0.05) is 24.1 Å². The Bertz CT molecular complexity index is 468. The molecular weight excluding hydrogens is 262 g/mol. The maximum atomic E-state index is 5.92. The predicted molar refractivity (Wildman–Crippen MR) is 76.3 cm³/mol. The molecule has 19 heavy (non-hydrogen) atoms. The fourth-order valence-electron chi connectivity index (χ4n) is 1.83. The summed E-state index contributed by atoms with van der Waals surface area (Å²) in [5, 5.41) is 8.60. The number of benzene rings is 1. The van der Waals surface area contributed by atoms with Crippen molar-refractivity contribution in [2.45, 2.75) is 12.5 Å². The molecule has 0 radical (unpaired) electrons. The van der Waals surface area contributed by atoms with Crippen LogP contribution in [0, 0.1) is 0 Å². The molecule has 4 nitrogen and oxygen atoms in total. The molecule has 0 fully saturated rings. The molecule has 2 rings (SSSR count). The van der Waals surface area contributed by atoms with Crippen LogP contribution in [0.3, 0.4) is 0 Å². The number of hydrogen-bond acceptors (Lipinski definition) is 4. The molecule has 0 aromatic heterocycles. The molecule has 1 heterocycles. The zero-order chi connectivity index (χ0) is 13.7. The summed E-state index contributed by atoms with van der Waals surface area (Å²) in [5.41, 5.74) is 1.11. The van der Waals surface area contributed by atoms with Gasteiger partial charge in [-0.05, 0) is 31.8 Å². The number of hydrogen-bond donors (Lipinski definition) is 0. The molecule has 0 saturated heterocycles. The maximum absolute atomic E-state index is 5.92. The van der Waals surface area contributed by atoms with Gasteiger partial charge in [-0.1, -0.05) is 23.7 Å². The summed E-state index contributed by atoms with van der Waals surface area (Å²) in [4.78, 5) is 2.14. The molecule has 1 aliphatic rings. The molecule has 1 aromatic rings. The van der Waals surface area contributed by atoms with E-state index in [4.69, 9.17) is 16.3 Å². The van der Waals surface area contributed by atoms with E-state index in [0.29, 0.717) is 12.4 Å². The van der Waals surface area contributed by atoms with Gasteiger partial charge in [0.25, 0.3) is 0 Å². The summed E-state index contributed by atoms with van der Waals surface area (Å²) in [6.45, 7) is 1.55. The van der Waals surface area contributed by atoms with Crippen molar-refractivity contribution >= 4 is 11.6 Å². The van der Waals surface area contributed by atoms with Crippen LogP contribution in [-0.4, -0.2) is 32.1 Å². The van der Waals surface area contributed by atoms with Gasteiger partial charge in [-0.15, -0.1) is 5.11 Å². The highest BCUT2D eigenvalue weighted by atomic mass is 35.5. The first-order chi connectivity index (χ1) is 9.15. The average Bonchev–Trinajstić information content (AvgIpc) is 2.88. The second-order valence-electron chi connectivity index (χ2n) is 4.72. The minimum absolute atomic E-state index is 0.0250. The lowest BCUT2D eigenvalue weighted by molar-refractivity contribution is 0.0991.